The van der Waals surface area contributed by atoms with Crippen LogP contribution in [0, 0.1) is 11.8 Å². The van der Waals surface area contributed by atoms with Crippen molar-refractivity contribution in [3.63, 3.8) is 0 Å². The van der Waals surface area contributed by atoms with Crippen molar-refractivity contribution < 1.29 is 4.74 Å². The fourth-order valence-corrected chi connectivity index (χ4v) is 3.60. The molecule has 0 bridgehead atoms. The van der Waals surface area contributed by atoms with Crippen LogP contribution in [0.1, 0.15) is 64.1 Å². The van der Waals surface area contributed by atoms with Gasteiger partial charge in [-0.15, -0.1) is 0 Å². The molecule has 3 unspecified atom stereocenters. The number of methoxy groups -OCH3 is 1. The lowest BCUT2D eigenvalue weighted by atomic mass is 9.76. The molecule has 0 aromatic carbocycles. The number of hydrogen-bond donors (Lipinski definition) is 1. The summed E-state index contributed by atoms with van der Waals surface area (Å²) in [7, 11) is 1.74. The van der Waals surface area contributed by atoms with Crippen LogP contribution in [0.3, 0.4) is 0 Å². The Morgan fingerprint density at radius 3 is 2.95 bits per heavy atom. The third-order valence-electron chi connectivity index (χ3n) is 4.80. The van der Waals surface area contributed by atoms with Gasteiger partial charge in [0.15, 0.2) is 0 Å². The highest BCUT2D eigenvalue weighted by Gasteiger charge is 2.30. The first-order valence-electron chi connectivity index (χ1n) is 8.52. The summed E-state index contributed by atoms with van der Waals surface area (Å²) in [4.78, 5) is 4.64. The smallest absolute Gasteiger partial charge is 0.141 e. The Morgan fingerprint density at radius 2 is 2.24 bits per heavy atom. The maximum absolute atomic E-state index is 5.55. The molecule has 3 nitrogen and oxygen atoms in total. The number of pyridine rings is 1. The molecule has 1 aromatic rings. The van der Waals surface area contributed by atoms with Crippen molar-refractivity contribution in [2.24, 2.45) is 11.8 Å². The van der Waals surface area contributed by atoms with Gasteiger partial charge in [0.25, 0.3) is 0 Å². The molecule has 0 spiro atoms. The number of nitrogens with one attached hydrogen (secondary N) is 1. The number of ether oxygens (including phenoxy) is 1. The Balaban J connectivity index is 2.20. The van der Waals surface area contributed by atoms with Gasteiger partial charge in [0.2, 0.25) is 0 Å². The predicted octanol–water partition coefficient (Wildman–Crippen LogP) is 4.35. The van der Waals surface area contributed by atoms with Gasteiger partial charge in [0, 0.05) is 6.20 Å². The van der Waals surface area contributed by atoms with Crippen molar-refractivity contribution in [2.75, 3.05) is 13.7 Å². The fraction of sp³-hybridized carbons (Fsp3) is 0.722. The van der Waals surface area contributed by atoms with Crippen molar-refractivity contribution in [1.82, 2.24) is 10.3 Å². The Bertz CT molecular complexity index is 421. The van der Waals surface area contributed by atoms with E-state index in [1.807, 2.05) is 18.3 Å². The van der Waals surface area contributed by atoms with Gasteiger partial charge in [-0.25, -0.2) is 0 Å². The van der Waals surface area contributed by atoms with Gasteiger partial charge in [-0.1, -0.05) is 33.1 Å². The molecule has 1 heterocycles. The first-order chi connectivity index (χ1) is 10.3. The summed E-state index contributed by atoms with van der Waals surface area (Å²) in [5, 5.41) is 3.73. The van der Waals surface area contributed by atoms with E-state index in [-0.39, 0.29) is 0 Å². The van der Waals surface area contributed by atoms with Crippen molar-refractivity contribution in [3.8, 4) is 5.75 Å². The van der Waals surface area contributed by atoms with Crippen LogP contribution in [0.25, 0.3) is 0 Å². The molecule has 0 radical (unpaired) electrons. The third-order valence-corrected chi connectivity index (χ3v) is 4.80. The lowest BCUT2D eigenvalue weighted by Gasteiger charge is -2.35. The summed E-state index contributed by atoms with van der Waals surface area (Å²) >= 11 is 0. The van der Waals surface area contributed by atoms with Crippen molar-refractivity contribution in [1.29, 1.82) is 0 Å². The standard InChI is InChI=1S/C18H30N2O/c1-4-11-19-17(15-9-6-8-14(5-2)13-15)18-16(21-3)10-7-12-20-18/h7,10,12,14-15,17,19H,4-6,8-9,11,13H2,1-3H3. The molecule has 1 N–H and O–H groups in total. The molecule has 3 atom stereocenters. The first kappa shape index (κ1) is 16.3. The summed E-state index contributed by atoms with van der Waals surface area (Å²) in [5.74, 6) is 2.48. The summed E-state index contributed by atoms with van der Waals surface area (Å²) in [6.45, 7) is 5.58. The van der Waals surface area contributed by atoms with Gasteiger partial charge in [-0.05, 0) is 49.8 Å². The number of nitrogens with zero attached hydrogens (tertiary/aromatic N) is 1. The van der Waals surface area contributed by atoms with Crippen LogP contribution >= 0.6 is 0 Å². The van der Waals surface area contributed by atoms with Crippen LogP contribution in [0.4, 0.5) is 0 Å². The molecule has 21 heavy (non-hydrogen) atoms. The fourth-order valence-electron chi connectivity index (χ4n) is 3.60. The zero-order valence-electron chi connectivity index (χ0n) is 13.8. The lowest BCUT2D eigenvalue weighted by molar-refractivity contribution is 0.204. The number of rotatable bonds is 7. The normalized spacial score (nSPS) is 23.8. The number of hydrogen-bond acceptors (Lipinski definition) is 3. The molecule has 1 aliphatic carbocycles. The summed E-state index contributed by atoms with van der Waals surface area (Å²) in [5.41, 5.74) is 1.09. The van der Waals surface area contributed by atoms with Gasteiger partial charge >= 0.3 is 0 Å². The largest absolute Gasteiger partial charge is 0.495 e. The zero-order valence-corrected chi connectivity index (χ0v) is 13.8. The molecule has 3 heteroatoms. The second-order valence-corrected chi connectivity index (χ2v) is 6.22. The monoisotopic (exact) mass is 290 g/mol. The average molecular weight is 290 g/mol. The Kier molecular flexibility index (Phi) is 6.50. The van der Waals surface area contributed by atoms with E-state index >= 15 is 0 Å². The van der Waals surface area contributed by atoms with E-state index in [0.717, 1.165) is 30.3 Å². The van der Waals surface area contributed by atoms with E-state index in [4.69, 9.17) is 4.74 Å². The molecule has 2 rings (SSSR count). The average Bonchev–Trinajstić information content (AvgIpc) is 2.56. The van der Waals surface area contributed by atoms with E-state index in [1.165, 1.54) is 32.1 Å². The van der Waals surface area contributed by atoms with Crippen LogP contribution in [0.2, 0.25) is 0 Å². The molecule has 1 aromatic heterocycles. The third kappa shape index (κ3) is 4.19. The molecule has 0 saturated heterocycles. The minimum Gasteiger partial charge on any atom is -0.495 e. The maximum atomic E-state index is 5.55. The minimum absolute atomic E-state index is 0.329. The second-order valence-electron chi connectivity index (χ2n) is 6.22. The van der Waals surface area contributed by atoms with Gasteiger partial charge in [-0.2, -0.15) is 0 Å². The van der Waals surface area contributed by atoms with E-state index in [1.54, 1.807) is 7.11 Å². The highest BCUT2D eigenvalue weighted by molar-refractivity contribution is 5.30. The van der Waals surface area contributed by atoms with Gasteiger partial charge in [0.1, 0.15) is 5.75 Å². The lowest BCUT2D eigenvalue weighted by Crippen LogP contribution is -2.33. The molecule has 1 aliphatic rings. The number of aromatic nitrogens is 1. The molecule has 118 valence electrons. The first-order valence-corrected chi connectivity index (χ1v) is 8.52. The second kappa shape index (κ2) is 8.38. The maximum Gasteiger partial charge on any atom is 0.141 e. The van der Waals surface area contributed by atoms with E-state index in [0.29, 0.717) is 12.0 Å². The zero-order chi connectivity index (χ0) is 15.1. The molecule has 0 amide bonds. The quantitative estimate of drug-likeness (QED) is 0.810. The van der Waals surface area contributed by atoms with Crippen molar-refractivity contribution >= 4 is 0 Å². The van der Waals surface area contributed by atoms with Crippen LogP contribution in [0.5, 0.6) is 5.75 Å². The molecular weight excluding hydrogens is 260 g/mol. The highest BCUT2D eigenvalue weighted by Crippen LogP contribution is 2.40. The Hall–Kier alpha value is -1.09. The van der Waals surface area contributed by atoms with Gasteiger partial charge in [0.05, 0.1) is 18.8 Å². The van der Waals surface area contributed by atoms with Gasteiger partial charge < -0.3 is 10.1 Å². The van der Waals surface area contributed by atoms with E-state index in [9.17, 15) is 0 Å². The Labute approximate surface area is 129 Å². The van der Waals surface area contributed by atoms with Crippen molar-refractivity contribution in [3.05, 3.63) is 24.0 Å². The predicted molar refractivity (Wildman–Crippen MR) is 87.6 cm³/mol. The van der Waals surface area contributed by atoms with Crippen LogP contribution in [-0.2, 0) is 0 Å². The highest BCUT2D eigenvalue weighted by atomic mass is 16.5. The topological polar surface area (TPSA) is 34.2 Å². The molecule has 1 fully saturated rings. The van der Waals surface area contributed by atoms with Crippen molar-refractivity contribution in [2.45, 2.75) is 58.4 Å². The summed E-state index contributed by atoms with van der Waals surface area (Å²) in [6, 6.07) is 4.31. The van der Waals surface area contributed by atoms with Crippen LogP contribution < -0.4 is 10.1 Å². The Morgan fingerprint density at radius 1 is 1.38 bits per heavy atom. The summed E-state index contributed by atoms with van der Waals surface area (Å²) < 4.78 is 5.55. The van der Waals surface area contributed by atoms with E-state index in [2.05, 4.69) is 24.1 Å². The minimum atomic E-state index is 0.329. The van der Waals surface area contributed by atoms with Crippen LogP contribution in [0.15, 0.2) is 18.3 Å². The van der Waals surface area contributed by atoms with Gasteiger partial charge in [-0.3, -0.25) is 4.98 Å². The molecule has 1 saturated carbocycles. The van der Waals surface area contributed by atoms with E-state index < -0.39 is 0 Å². The molecule has 0 aliphatic heterocycles. The molecular formula is C18H30N2O. The van der Waals surface area contributed by atoms with Crippen LogP contribution in [-0.4, -0.2) is 18.6 Å². The SMILES string of the molecule is CCCNC(c1ncccc1OC)C1CCCC(CC)C1. The summed E-state index contributed by atoms with van der Waals surface area (Å²) in [6.07, 6.45) is 9.70.